The summed E-state index contributed by atoms with van der Waals surface area (Å²) in [5, 5.41) is 15.9. The molecule has 138 valence electrons. The summed E-state index contributed by atoms with van der Waals surface area (Å²) < 4.78 is 27.3. The van der Waals surface area contributed by atoms with Gasteiger partial charge >= 0.3 is 6.03 Å². The minimum absolute atomic E-state index is 0.0234. The highest BCUT2D eigenvalue weighted by Gasteiger charge is 2.22. The van der Waals surface area contributed by atoms with Crippen LogP contribution in [0.1, 0.15) is 5.56 Å². The highest BCUT2D eigenvalue weighted by molar-refractivity contribution is 7.92. The van der Waals surface area contributed by atoms with Crippen molar-refractivity contribution < 1.29 is 18.1 Å². The van der Waals surface area contributed by atoms with Crippen LogP contribution in [0.15, 0.2) is 41.3 Å². The van der Waals surface area contributed by atoms with E-state index in [2.05, 4.69) is 15.4 Å². The Labute approximate surface area is 154 Å². The first-order valence-corrected chi connectivity index (χ1v) is 9.06. The summed E-state index contributed by atoms with van der Waals surface area (Å²) in [5.41, 5.74) is 0.469. The van der Waals surface area contributed by atoms with Gasteiger partial charge in [0.15, 0.2) is 0 Å². The number of hydrogen-bond acceptors (Lipinski definition) is 5. The first kappa shape index (κ1) is 19.5. The van der Waals surface area contributed by atoms with Gasteiger partial charge in [-0.05, 0) is 37.3 Å². The van der Waals surface area contributed by atoms with E-state index in [1.807, 2.05) is 0 Å². The molecule has 0 saturated carbocycles. The van der Waals surface area contributed by atoms with Crippen LogP contribution < -0.4 is 15.4 Å². The molecule has 3 N–H and O–H groups in total. The molecule has 2 aromatic rings. The van der Waals surface area contributed by atoms with Crippen molar-refractivity contribution in [3.8, 4) is 0 Å². The second-order valence-corrected chi connectivity index (χ2v) is 7.28. The van der Waals surface area contributed by atoms with Crippen molar-refractivity contribution in [2.24, 2.45) is 0 Å². The molecular weight excluding hydrogens is 384 g/mol. The number of nitrogens with zero attached hydrogens (tertiary/aromatic N) is 1. The molecule has 0 atom stereocenters. The molecule has 2 rings (SSSR count). The molecule has 0 aliphatic heterocycles. The van der Waals surface area contributed by atoms with Crippen LogP contribution in [0, 0.1) is 17.0 Å². The summed E-state index contributed by atoms with van der Waals surface area (Å²) in [5.74, 6) is 0. The van der Waals surface area contributed by atoms with E-state index in [1.165, 1.54) is 38.2 Å². The summed E-state index contributed by atoms with van der Waals surface area (Å²) >= 11 is 5.91. The molecule has 0 unspecified atom stereocenters. The Kier molecular flexibility index (Phi) is 5.68. The van der Waals surface area contributed by atoms with Gasteiger partial charge < -0.3 is 10.6 Å². The van der Waals surface area contributed by atoms with E-state index in [-0.39, 0.29) is 26.9 Å². The van der Waals surface area contributed by atoms with Crippen molar-refractivity contribution in [3.05, 3.63) is 57.1 Å². The maximum absolute atomic E-state index is 12.5. The maximum Gasteiger partial charge on any atom is 0.318 e. The summed E-state index contributed by atoms with van der Waals surface area (Å²) in [6.07, 6.45) is 0. The lowest BCUT2D eigenvalue weighted by molar-refractivity contribution is -0.385. The van der Waals surface area contributed by atoms with Gasteiger partial charge in [0.05, 0.1) is 14.8 Å². The van der Waals surface area contributed by atoms with Crippen LogP contribution in [-0.4, -0.2) is 26.4 Å². The Morgan fingerprint density at radius 2 is 1.73 bits per heavy atom. The van der Waals surface area contributed by atoms with Crippen LogP contribution >= 0.6 is 11.6 Å². The Bertz CT molecular complexity index is 961. The molecule has 0 heterocycles. The van der Waals surface area contributed by atoms with Crippen molar-refractivity contribution in [3.63, 3.8) is 0 Å². The predicted octanol–water partition coefficient (Wildman–Crippen LogP) is 3.11. The molecule has 0 aliphatic carbocycles. The van der Waals surface area contributed by atoms with E-state index in [4.69, 9.17) is 11.6 Å². The molecule has 0 aromatic heterocycles. The van der Waals surface area contributed by atoms with E-state index in [0.29, 0.717) is 5.69 Å². The van der Waals surface area contributed by atoms with Crippen molar-refractivity contribution in [1.82, 2.24) is 5.32 Å². The summed E-state index contributed by atoms with van der Waals surface area (Å²) in [6.45, 7) is 1.43. The second-order valence-electron chi connectivity index (χ2n) is 5.19. The topological polar surface area (TPSA) is 130 Å². The molecule has 0 saturated heterocycles. The average Bonchev–Trinajstić information content (AvgIpc) is 2.58. The number of carbonyl (C=O) groups is 1. The SMILES string of the molecule is CNC(=O)Nc1ccc(NS(=O)(=O)c2cc(Cl)c(C)c([N+](=O)[O-])c2)cc1. The Morgan fingerprint density at radius 1 is 1.15 bits per heavy atom. The van der Waals surface area contributed by atoms with Crippen molar-refractivity contribution in [2.75, 3.05) is 17.1 Å². The summed E-state index contributed by atoms with van der Waals surface area (Å²) in [7, 11) is -2.63. The lowest BCUT2D eigenvalue weighted by Crippen LogP contribution is -2.24. The number of nitro groups is 1. The zero-order valence-corrected chi connectivity index (χ0v) is 15.3. The van der Waals surface area contributed by atoms with Crippen molar-refractivity contribution in [1.29, 1.82) is 0 Å². The number of amides is 2. The highest BCUT2D eigenvalue weighted by atomic mass is 35.5. The van der Waals surface area contributed by atoms with Crippen LogP contribution in [0.25, 0.3) is 0 Å². The van der Waals surface area contributed by atoms with Crippen LogP contribution in [-0.2, 0) is 10.0 Å². The van der Waals surface area contributed by atoms with E-state index in [0.717, 1.165) is 12.1 Å². The molecular formula is C15H15ClN4O5S. The van der Waals surface area contributed by atoms with Gasteiger partial charge in [0.2, 0.25) is 0 Å². The predicted molar refractivity (Wildman–Crippen MR) is 98.2 cm³/mol. The number of urea groups is 1. The fourth-order valence-corrected chi connectivity index (χ4v) is 3.40. The van der Waals surface area contributed by atoms with Gasteiger partial charge in [-0.25, -0.2) is 13.2 Å². The minimum atomic E-state index is -4.09. The van der Waals surface area contributed by atoms with Gasteiger partial charge in [0, 0.05) is 30.1 Å². The van der Waals surface area contributed by atoms with Crippen LogP contribution in [0.2, 0.25) is 5.02 Å². The third kappa shape index (κ3) is 4.41. The fourth-order valence-electron chi connectivity index (χ4n) is 2.01. The third-order valence-corrected chi connectivity index (χ3v) is 5.17. The monoisotopic (exact) mass is 398 g/mol. The molecule has 0 spiro atoms. The number of hydrogen-bond donors (Lipinski definition) is 3. The van der Waals surface area contributed by atoms with E-state index >= 15 is 0 Å². The number of nitrogens with one attached hydrogen (secondary N) is 3. The number of anilines is 2. The summed E-state index contributed by atoms with van der Waals surface area (Å²) in [4.78, 5) is 21.3. The van der Waals surface area contributed by atoms with Gasteiger partial charge in [-0.15, -0.1) is 0 Å². The highest BCUT2D eigenvalue weighted by Crippen LogP contribution is 2.30. The summed E-state index contributed by atoms with van der Waals surface area (Å²) in [6, 6.07) is 7.55. The second kappa shape index (κ2) is 7.58. The minimum Gasteiger partial charge on any atom is -0.341 e. The Balaban J connectivity index is 2.29. The lowest BCUT2D eigenvalue weighted by atomic mass is 10.2. The third-order valence-electron chi connectivity index (χ3n) is 3.42. The number of sulfonamides is 1. The number of nitro benzene ring substituents is 1. The maximum atomic E-state index is 12.5. The van der Waals surface area contributed by atoms with Crippen LogP contribution in [0.3, 0.4) is 0 Å². The van der Waals surface area contributed by atoms with E-state index in [1.54, 1.807) is 0 Å². The fraction of sp³-hybridized carbons (Fsp3) is 0.133. The van der Waals surface area contributed by atoms with E-state index < -0.39 is 21.0 Å². The van der Waals surface area contributed by atoms with Gasteiger partial charge in [-0.2, -0.15) is 0 Å². The number of carbonyl (C=O) groups excluding carboxylic acids is 1. The average molecular weight is 399 g/mol. The molecule has 0 aliphatic rings. The zero-order valence-electron chi connectivity index (χ0n) is 13.7. The molecule has 11 heteroatoms. The van der Waals surface area contributed by atoms with Crippen molar-refractivity contribution in [2.45, 2.75) is 11.8 Å². The Hall–Kier alpha value is -2.85. The number of halogens is 1. The van der Waals surface area contributed by atoms with Crippen LogP contribution in [0.5, 0.6) is 0 Å². The van der Waals surface area contributed by atoms with Gasteiger partial charge in [0.25, 0.3) is 15.7 Å². The van der Waals surface area contributed by atoms with Crippen LogP contribution in [0.4, 0.5) is 21.9 Å². The quantitative estimate of drug-likeness (QED) is 0.526. The van der Waals surface area contributed by atoms with Gasteiger partial charge in [-0.1, -0.05) is 11.6 Å². The molecule has 2 aromatic carbocycles. The van der Waals surface area contributed by atoms with Crippen molar-refractivity contribution >= 4 is 44.7 Å². The molecule has 0 fully saturated rings. The molecule has 2 amide bonds. The molecule has 26 heavy (non-hydrogen) atoms. The standard InChI is InChI=1S/C15H15ClN4O5S/c1-9-13(16)7-12(8-14(9)20(22)23)26(24,25)19-11-5-3-10(4-6-11)18-15(21)17-2/h3-8,19H,1-2H3,(H2,17,18,21). The molecule has 9 nitrogen and oxygen atoms in total. The molecule has 0 bridgehead atoms. The largest absolute Gasteiger partial charge is 0.341 e. The van der Waals surface area contributed by atoms with Gasteiger partial charge in [-0.3, -0.25) is 14.8 Å². The first-order chi connectivity index (χ1) is 12.1. The lowest BCUT2D eigenvalue weighted by Gasteiger charge is -2.10. The van der Waals surface area contributed by atoms with E-state index in [9.17, 15) is 23.3 Å². The molecule has 0 radical (unpaired) electrons. The smallest absolute Gasteiger partial charge is 0.318 e. The van der Waals surface area contributed by atoms with Gasteiger partial charge in [0.1, 0.15) is 0 Å². The Morgan fingerprint density at radius 3 is 2.27 bits per heavy atom. The number of benzene rings is 2. The number of rotatable bonds is 5. The zero-order chi connectivity index (χ0) is 19.5. The first-order valence-electron chi connectivity index (χ1n) is 7.20. The normalized spacial score (nSPS) is 10.9.